The lowest BCUT2D eigenvalue weighted by atomic mass is 10.1. The molecule has 0 spiro atoms. The van der Waals surface area contributed by atoms with Crippen LogP contribution >= 0.6 is 11.3 Å². The number of benzene rings is 2. The van der Waals surface area contributed by atoms with Crippen molar-refractivity contribution in [2.45, 2.75) is 37.1 Å². The lowest BCUT2D eigenvalue weighted by Gasteiger charge is -2.32. The van der Waals surface area contributed by atoms with Gasteiger partial charge >= 0.3 is 0 Å². The van der Waals surface area contributed by atoms with Crippen molar-refractivity contribution in [1.29, 1.82) is 0 Å². The predicted molar refractivity (Wildman–Crippen MR) is 118 cm³/mol. The number of aromatic nitrogens is 1. The fourth-order valence-corrected chi connectivity index (χ4v) is 6.19. The third kappa shape index (κ3) is 4.05. The van der Waals surface area contributed by atoms with Crippen molar-refractivity contribution >= 4 is 42.6 Å². The number of anilines is 1. The van der Waals surface area contributed by atoms with Crippen LogP contribution in [-0.4, -0.2) is 43.3 Å². The van der Waals surface area contributed by atoms with E-state index < -0.39 is 10.0 Å². The van der Waals surface area contributed by atoms with Gasteiger partial charge in [-0.05, 0) is 62.2 Å². The lowest BCUT2D eigenvalue weighted by Crippen LogP contribution is -2.41. The Morgan fingerprint density at radius 2 is 1.97 bits per heavy atom. The van der Waals surface area contributed by atoms with E-state index in [-0.39, 0.29) is 16.8 Å². The van der Waals surface area contributed by atoms with Crippen LogP contribution in [0.25, 0.3) is 10.2 Å². The number of sulfonamides is 1. The van der Waals surface area contributed by atoms with Gasteiger partial charge in [0.25, 0.3) is 5.91 Å². The average Bonchev–Trinajstić information content (AvgIpc) is 3.15. The Labute approximate surface area is 179 Å². The Balaban J connectivity index is 1.50. The first kappa shape index (κ1) is 20.8. The maximum atomic E-state index is 12.9. The highest BCUT2D eigenvalue weighted by atomic mass is 32.2. The van der Waals surface area contributed by atoms with Gasteiger partial charge in [0.15, 0.2) is 5.13 Å². The fourth-order valence-electron chi connectivity index (χ4n) is 3.60. The zero-order chi connectivity index (χ0) is 21.3. The summed E-state index contributed by atoms with van der Waals surface area (Å²) in [5, 5.41) is 3.26. The predicted octanol–water partition coefficient (Wildman–Crippen LogP) is 4.12. The zero-order valence-electron chi connectivity index (χ0n) is 16.8. The van der Waals surface area contributed by atoms with Crippen LogP contribution in [0.2, 0.25) is 0 Å². The van der Waals surface area contributed by atoms with E-state index in [2.05, 4.69) is 10.3 Å². The van der Waals surface area contributed by atoms with Crippen LogP contribution in [0.3, 0.4) is 0 Å². The highest BCUT2D eigenvalue weighted by Gasteiger charge is 2.30. The number of piperidine rings is 1. The topological polar surface area (TPSA) is 88.6 Å². The molecule has 1 aliphatic heterocycles. The first-order valence-corrected chi connectivity index (χ1v) is 12.0. The summed E-state index contributed by atoms with van der Waals surface area (Å²) in [6, 6.07) is 11.6. The molecule has 2 heterocycles. The number of methoxy groups -OCH3 is 1. The summed E-state index contributed by atoms with van der Waals surface area (Å²) in [5.74, 6) is 0.389. The smallest absolute Gasteiger partial charge is 0.257 e. The zero-order valence-corrected chi connectivity index (χ0v) is 18.4. The van der Waals surface area contributed by atoms with Gasteiger partial charge in [0, 0.05) is 18.2 Å². The monoisotopic (exact) mass is 445 g/mol. The summed E-state index contributed by atoms with van der Waals surface area (Å²) in [6.07, 6.45) is 2.79. The second-order valence-corrected chi connectivity index (χ2v) is 10.2. The summed E-state index contributed by atoms with van der Waals surface area (Å²) in [6.45, 7) is 2.47. The van der Waals surface area contributed by atoms with Crippen LogP contribution in [0.5, 0.6) is 5.75 Å². The van der Waals surface area contributed by atoms with Crippen molar-refractivity contribution < 1.29 is 17.9 Å². The van der Waals surface area contributed by atoms with E-state index >= 15 is 0 Å². The molecule has 1 aromatic heterocycles. The van der Waals surface area contributed by atoms with E-state index in [0.29, 0.717) is 17.2 Å². The third-order valence-electron chi connectivity index (χ3n) is 5.28. The van der Waals surface area contributed by atoms with Gasteiger partial charge in [0.05, 0.1) is 22.2 Å². The highest BCUT2D eigenvalue weighted by Crippen LogP contribution is 2.30. The number of nitrogens with one attached hydrogen (secondary N) is 1. The maximum Gasteiger partial charge on any atom is 0.257 e. The molecule has 1 aliphatic rings. The minimum absolute atomic E-state index is 0.00983. The van der Waals surface area contributed by atoms with Gasteiger partial charge < -0.3 is 4.74 Å². The molecule has 9 heteroatoms. The van der Waals surface area contributed by atoms with Crippen LogP contribution in [0.4, 0.5) is 5.13 Å². The molecular weight excluding hydrogens is 422 g/mol. The van der Waals surface area contributed by atoms with Gasteiger partial charge in [-0.1, -0.05) is 17.8 Å². The summed E-state index contributed by atoms with van der Waals surface area (Å²) in [4.78, 5) is 17.2. The van der Waals surface area contributed by atoms with Crippen LogP contribution < -0.4 is 10.1 Å². The van der Waals surface area contributed by atoms with E-state index in [4.69, 9.17) is 4.74 Å². The van der Waals surface area contributed by atoms with Crippen LogP contribution in [-0.2, 0) is 10.0 Å². The molecular formula is C21H23N3O4S2. The molecule has 1 amide bonds. The summed E-state index contributed by atoms with van der Waals surface area (Å²) in [5.41, 5.74) is 1.14. The summed E-state index contributed by atoms with van der Waals surface area (Å²) in [7, 11) is -1.96. The SMILES string of the molecule is COc1ccc2nc(NC(=O)c3ccc(S(=O)(=O)N4CCCCC4C)cc3)sc2c1. The molecule has 0 aliphatic carbocycles. The standard InChI is InChI=1S/C21H23N3O4S2/c1-14-5-3-4-12-24(14)30(26,27)17-9-6-15(7-10-17)20(25)23-21-22-18-11-8-16(28-2)13-19(18)29-21/h6-11,13-14H,3-5,12H2,1-2H3,(H,22,23,25). The Morgan fingerprint density at radius 1 is 1.20 bits per heavy atom. The Kier molecular flexibility index (Phi) is 5.77. The largest absolute Gasteiger partial charge is 0.497 e. The van der Waals surface area contributed by atoms with Gasteiger partial charge in [-0.15, -0.1) is 0 Å². The molecule has 1 saturated heterocycles. The normalized spacial score (nSPS) is 17.7. The molecule has 0 bridgehead atoms. The number of thiazole rings is 1. The summed E-state index contributed by atoms with van der Waals surface area (Å²) < 4.78 is 33.5. The van der Waals surface area contributed by atoms with Crippen molar-refractivity contribution in [3.05, 3.63) is 48.0 Å². The quantitative estimate of drug-likeness (QED) is 0.638. The Hall–Kier alpha value is -2.49. The molecule has 0 saturated carbocycles. The van der Waals surface area contributed by atoms with Crippen molar-refractivity contribution in [3.63, 3.8) is 0 Å². The number of carbonyl (C=O) groups is 1. The molecule has 1 atom stereocenters. The summed E-state index contributed by atoms with van der Waals surface area (Å²) >= 11 is 1.35. The first-order chi connectivity index (χ1) is 14.4. The van der Waals surface area contributed by atoms with Crippen LogP contribution in [0, 0.1) is 0 Å². The number of rotatable bonds is 5. The number of fused-ring (bicyclic) bond motifs is 1. The average molecular weight is 446 g/mol. The number of nitrogens with zero attached hydrogens (tertiary/aromatic N) is 2. The van der Waals surface area contributed by atoms with Gasteiger partial charge in [-0.2, -0.15) is 4.31 Å². The fraction of sp³-hybridized carbons (Fsp3) is 0.333. The molecule has 1 unspecified atom stereocenters. The van der Waals surface area contributed by atoms with Gasteiger partial charge in [-0.3, -0.25) is 10.1 Å². The first-order valence-electron chi connectivity index (χ1n) is 9.76. The maximum absolute atomic E-state index is 12.9. The molecule has 7 nitrogen and oxygen atoms in total. The number of hydrogen-bond donors (Lipinski definition) is 1. The second kappa shape index (κ2) is 8.33. The number of carbonyl (C=O) groups excluding carboxylic acids is 1. The highest BCUT2D eigenvalue weighted by molar-refractivity contribution is 7.89. The number of hydrogen-bond acceptors (Lipinski definition) is 6. The molecule has 1 N–H and O–H groups in total. The van der Waals surface area contributed by atoms with Gasteiger partial charge in [-0.25, -0.2) is 13.4 Å². The minimum atomic E-state index is -3.56. The van der Waals surface area contributed by atoms with E-state index in [1.807, 2.05) is 25.1 Å². The van der Waals surface area contributed by atoms with E-state index in [0.717, 1.165) is 35.2 Å². The minimum Gasteiger partial charge on any atom is -0.497 e. The van der Waals surface area contributed by atoms with Crippen LogP contribution in [0.15, 0.2) is 47.4 Å². The van der Waals surface area contributed by atoms with Crippen molar-refractivity contribution in [1.82, 2.24) is 9.29 Å². The van der Waals surface area contributed by atoms with Gasteiger partial charge in [0.2, 0.25) is 10.0 Å². The molecule has 158 valence electrons. The van der Waals surface area contributed by atoms with Gasteiger partial charge in [0.1, 0.15) is 5.75 Å². The lowest BCUT2D eigenvalue weighted by molar-refractivity contribution is 0.102. The number of ether oxygens (including phenoxy) is 1. The molecule has 1 fully saturated rings. The van der Waals surface area contributed by atoms with Crippen molar-refractivity contribution in [2.24, 2.45) is 0 Å². The molecule has 4 rings (SSSR count). The Bertz CT molecular complexity index is 1170. The molecule has 2 aromatic carbocycles. The van der Waals surface area contributed by atoms with E-state index in [1.54, 1.807) is 11.4 Å². The third-order valence-corrected chi connectivity index (χ3v) is 8.24. The Morgan fingerprint density at radius 3 is 2.67 bits per heavy atom. The van der Waals surface area contributed by atoms with Crippen LogP contribution in [0.1, 0.15) is 36.5 Å². The second-order valence-electron chi connectivity index (χ2n) is 7.29. The van der Waals surface area contributed by atoms with E-state index in [1.165, 1.54) is 35.6 Å². The molecule has 0 radical (unpaired) electrons. The molecule has 3 aromatic rings. The van der Waals surface area contributed by atoms with Crippen molar-refractivity contribution in [3.8, 4) is 5.75 Å². The van der Waals surface area contributed by atoms with Crippen molar-refractivity contribution in [2.75, 3.05) is 19.0 Å². The molecule has 30 heavy (non-hydrogen) atoms. The van der Waals surface area contributed by atoms with E-state index in [9.17, 15) is 13.2 Å². The number of amides is 1.